The van der Waals surface area contributed by atoms with Crippen molar-refractivity contribution in [1.29, 1.82) is 0 Å². The average Bonchev–Trinajstić information content (AvgIpc) is 2.18. The molecule has 0 aliphatic rings. The van der Waals surface area contributed by atoms with Crippen LogP contribution >= 0.6 is 0 Å². The number of hydrogen-bond acceptors (Lipinski definition) is 3. The van der Waals surface area contributed by atoms with Crippen LogP contribution in [0.1, 0.15) is 6.42 Å². The number of hydrogen-bond donors (Lipinski definition) is 1. The van der Waals surface area contributed by atoms with Crippen LogP contribution in [0.4, 0.5) is 10.1 Å². The van der Waals surface area contributed by atoms with Gasteiger partial charge in [0.05, 0.1) is 18.4 Å². The van der Waals surface area contributed by atoms with Crippen molar-refractivity contribution in [2.75, 3.05) is 17.1 Å². The quantitative estimate of drug-likeness (QED) is 0.860. The average molecular weight is 261 g/mol. The van der Waals surface area contributed by atoms with Gasteiger partial charge >= 0.3 is 5.97 Å². The van der Waals surface area contributed by atoms with Crippen molar-refractivity contribution in [2.24, 2.45) is 0 Å². The lowest BCUT2D eigenvalue weighted by Crippen LogP contribution is -2.32. The number of aliphatic carboxylic acids is 1. The second-order valence-electron chi connectivity index (χ2n) is 3.46. The molecule has 0 spiro atoms. The maximum atomic E-state index is 12.7. The summed E-state index contributed by atoms with van der Waals surface area (Å²) >= 11 is 0. The van der Waals surface area contributed by atoms with Gasteiger partial charge in [0.2, 0.25) is 10.0 Å². The third-order valence-corrected chi connectivity index (χ3v) is 3.24. The fourth-order valence-corrected chi connectivity index (χ4v) is 2.22. The minimum absolute atomic E-state index is 0.181. The normalized spacial score (nSPS) is 11.2. The van der Waals surface area contributed by atoms with E-state index in [9.17, 15) is 17.6 Å². The lowest BCUT2D eigenvalue weighted by atomic mass is 10.3. The predicted octanol–water partition coefficient (Wildman–Crippen LogP) is 1.07. The van der Waals surface area contributed by atoms with E-state index in [0.717, 1.165) is 22.7 Å². The molecule has 0 aliphatic carbocycles. The van der Waals surface area contributed by atoms with E-state index in [2.05, 4.69) is 0 Å². The molecule has 0 aliphatic heterocycles. The zero-order chi connectivity index (χ0) is 13.1. The first-order valence-electron chi connectivity index (χ1n) is 4.76. The second-order valence-corrected chi connectivity index (χ2v) is 5.36. The standard InChI is InChI=1S/C10H12FNO4S/c1-17(15,16)12(7-6-10(13)14)9-4-2-8(11)3-5-9/h2-5H,6-7H2,1H3,(H,13,14). The Hall–Kier alpha value is -1.63. The highest BCUT2D eigenvalue weighted by Gasteiger charge is 2.18. The van der Waals surface area contributed by atoms with Crippen molar-refractivity contribution >= 4 is 21.7 Å². The van der Waals surface area contributed by atoms with E-state index in [1.807, 2.05) is 0 Å². The number of anilines is 1. The Labute approximate surface area is 98.5 Å². The van der Waals surface area contributed by atoms with Crippen molar-refractivity contribution < 1.29 is 22.7 Å². The van der Waals surface area contributed by atoms with Crippen molar-refractivity contribution in [3.05, 3.63) is 30.1 Å². The van der Waals surface area contributed by atoms with Crippen molar-refractivity contribution in [3.8, 4) is 0 Å². The van der Waals surface area contributed by atoms with E-state index in [-0.39, 0.29) is 18.7 Å². The van der Waals surface area contributed by atoms with Gasteiger partial charge in [-0.25, -0.2) is 12.8 Å². The monoisotopic (exact) mass is 261 g/mol. The number of carbonyl (C=O) groups is 1. The van der Waals surface area contributed by atoms with Gasteiger partial charge in [0, 0.05) is 6.54 Å². The maximum absolute atomic E-state index is 12.7. The van der Waals surface area contributed by atoms with Gasteiger partial charge in [0.1, 0.15) is 5.82 Å². The Morgan fingerprint density at radius 3 is 2.29 bits per heavy atom. The number of nitrogens with zero attached hydrogens (tertiary/aromatic N) is 1. The SMILES string of the molecule is CS(=O)(=O)N(CCC(=O)O)c1ccc(F)cc1. The lowest BCUT2D eigenvalue weighted by Gasteiger charge is -2.21. The van der Waals surface area contributed by atoms with Gasteiger partial charge < -0.3 is 5.11 Å². The summed E-state index contributed by atoms with van der Waals surface area (Å²) in [6, 6.07) is 4.82. The molecular formula is C10H12FNO4S. The first kappa shape index (κ1) is 13.4. The summed E-state index contributed by atoms with van der Waals surface area (Å²) in [5, 5.41) is 8.54. The molecule has 1 N–H and O–H groups in total. The highest BCUT2D eigenvalue weighted by molar-refractivity contribution is 7.92. The number of halogens is 1. The van der Waals surface area contributed by atoms with Crippen LogP contribution in [0.2, 0.25) is 0 Å². The second kappa shape index (κ2) is 5.13. The molecular weight excluding hydrogens is 249 g/mol. The van der Waals surface area contributed by atoms with Crippen LogP contribution in [0.5, 0.6) is 0 Å². The molecule has 1 rings (SSSR count). The fraction of sp³-hybridized carbons (Fsp3) is 0.300. The van der Waals surface area contributed by atoms with Gasteiger partial charge in [-0.3, -0.25) is 9.10 Å². The van der Waals surface area contributed by atoms with Crippen LogP contribution in [0, 0.1) is 5.82 Å². The summed E-state index contributed by atoms with van der Waals surface area (Å²) in [7, 11) is -3.58. The number of sulfonamides is 1. The van der Waals surface area contributed by atoms with Crippen molar-refractivity contribution in [3.63, 3.8) is 0 Å². The molecule has 0 fully saturated rings. The van der Waals surface area contributed by atoms with E-state index in [1.165, 1.54) is 12.1 Å². The van der Waals surface area contributed by atoms with Gasteiger partial charge in [-0.2, -0.15) is 0 Å². The van der Waals surface area contributed by atoms with E-state index in [0.29, 0.717) is 0 Å². The molecule has 1 aromatic carbocycles. The molecule has 94 valence electrons. The fourth-order valence-electron chi connectivity index (χ4n) is 1.29. The Balaban J connectivity index is 2.98. The van der Waals surface area contributed by atoms with E-state index < -0.39 is 21.8 Å². The molecule has 0 saturated carbocycles. The molecule has 0 amide bonds. The summed E-state index contributed by atoms with van der Waals surface area (Å²) in [5.74, 6) is -1.58. The molecule has 0 atom stereocenters. The summed E-state index contributed by atoms with van der Waals surface area (Å²) in [6.07, 6.45) is 0.655. The number of benzene rings is 1. The van der Waals surface area contributed by atoms with Crippen LogP contribution in [0.15, 0.2) is 24.3 Å². The van der Waals surface area contributed by atoms with Crippen LogP contribution in [0.3, 0.4) is 0 Å². The molecule has 5 nitrogen and oxygen atoms in total. The molecule has 0 heterocycles. The van der Waals surface area contributed by atoms with Crippen molar-refractivity contribution in [2.45, 2.75) is 6.42 Å². The molecule has 0 bridgehead atoms. The van der Waals surface area contributed by atoms with Gasteiger partial charge in [0.15, 0.2) is 0 Å². The van der Waals surface area contributed by atoms with Crippen LogP contribution < -0.4 is 4.31 Å². The Bertz CT molecular complexity index is 498. The molecule has 0 aromatic heterocycles. The Kier molecular flexibility index (Phi) is 4.06. The molecule has 17 heavy (non-hydrogen) atoms. The molecule has 1 aromatic rings. The third kappa shape index (κ3) is 4.03. The summed E-state index contributed by atoms with van der Waals surface area (Å²) in [6.45, 7) is -0.181. The summed E-state index contributed by atoms with van der Waals surface area (Å²) in [5.41, 5.74) is 0.246. The van der Waals surface area contributed by atoms with E-state index in [1.54, 1.807) is 0 Å². The van der Waals surface area contributed by atoms with Crippen LogP contribution in [-0.2, 0) is 14.8 Å². The van der Waals surface area contributed by atoms with Crippen LogP contribution in [0.25, 0.3) is 0 Å². The maximum Gasteiger partial charge on any atom is 0.305 e. The smallest absolute Gasteiger partial charge is 0.305 e. The first-order valence-corrected chi connectivity index (χ1v) is 6.60. The van der Waals surface area contributed by atoms with Crippen LogP contribution in [-0.4, -0.2) is 32.3 Å². The third-order valence-electron chi connectivity index (χ3n) is 2.04. The number of carboxylic acid groups (broad SMARTS) is 1. The minimum Gasteiger partial charge on any atom is -0.481 e. The molecule has 0 unspecified atom stereocenters. The van der Waals surface area contributed by atoms with E-state index in [4.69, 9.17) is 5.11 Å². The highest BCUT2D eigenvalue weighted by atomic mass is 32.2. The first-order chi connectivity index (χ1) is 7.80. The van der Waals surface area contributed by atoms with E-state index >= 15 is 0 Å². The predicted molar refractivity (Wildman–Crippen MR) is 60.8 cm³/mol. The summed E-state index contributed by atoms with van der Waals surface area (Å²) < 4.78 is 36.6. The van der Waals surface area contributed by atoms with Gasteiger partial charge in [-0.15, -0.1) is 0 Å². The molecule has 0 saturated heterocycles. The number of carboxylic acids is 1. The van der Waals surface area contributed by atoms with Gasteiger partial charge in [0.25, 0.3) is 0 Å². The van der Waals surface area contributed by atoms with Crippen molar-refractivity contribution in [1.82, 2.24) is 0 Å². The zero-order valence-corrected chi connectivity index (χ0v) is 9.95. The largest absolute Gasteiger partial charge is 0.481 e. The highest BCUT2D eigenvalue weighted by Crippen LogP contribution is 2.18. The Morgan fingerprint density at radius 1 is 1.35 bits per heavy atom. The minimum atomic E-state index is -3.58. The van der Waals surface area contributed by atoms with Gasteiger partial charge in [-0.1, -0.05) is 0 Å². The van der Waals surface area contributed by atoms with Gasteiger partial charge in [-0.05, 0) is 24.3 Å². The molecule has 7 heteroatoms. The lowest BCUT2D eigenvalue weighted by molar-refractivity contribution is -0.136. The number of rotatable bonds is 5. The Morgan fingerprint density at radius 2 is 1.88 bits per heavy atom. The topological polar surface area (TPSA) is 74.7 Å². The summed E-state index contributed by atoms with van der Waals surface area (Å²) in [4.78, 5) is 10.4. The zero-order valence-electron chi connectivity index (χ0n) is 9.13. The molecule has 0 radical (unpaired) electrons.